The molecule has 1 saturated carbocycles. The highest BCUT2D eigenvalue weighted by Gasteiger charge is 2.24. The van der Waals surface area contributed by atoms with Gasteiger partial charge in [-0.25, -0.2) is 0 Å². The normalized spacial score (nSPS) is 13.9. The number of esters is 1. The number of rotatable bonds is 10. The standard InChI is InChI=1S/C29H32O5.C2H6/c1-32-26-13-7-12-23(19-26)28(30)24-14-15-27(33-17-16-21-8-3-2-4-9-21)25(18-24)20-34-29(31)22-10-5-6-11-22;1-2/h2-4,7-9,12-15,18-19,22,28,30H,5-6,10-11,16-17,20H2,1H3;1-2H3. The number of aliphatic hydroxyl groups is 1. The van der Waals surface area contributed by atoms with E-state index >= 15 is 0 Å². The van der Waals surface area contributed by atoms with Gasteiger partial charge in [0, 0.05) is 12.0 Å². The Kier molecular flexibility index (Phi) is 10.8. The maximum Gasteiger partial charge on any atom is 0.309 e. The minimum Gasteiger partial charge on any atom is -0.497 e. The molecule has 0 radical (unpaired) electrons. The van der Waals surface area contributed by atoms with E-state index in [0.29, 0.717) is 23.7 Å². The fraction of sp³-hybridized carbons (Fsp3) is 0.387. The van der Waals surface area contributed by atoms with Crippen molar-refractivity contribution >= 4 is 5.97 Å². The molecule has 1 fully saturated rings. The van der Waals surface area contributed by atoms with Gasteiger partial charge in [0.1, 0.15) is 24.2 Å². The molecular weight excluding hydrogens is 452 g/mol. The first-order chi connectivity index (χ1) is 17.6. The summed E-state index contributed by atoms with van der Waals surface area (Å²) >= 11 is 0. The molecule has 0 aliphatic heterocycles. The molecule has 36 heavy (non-hydrogen) atoms. The topological polar surface area (TPSA) is 65.0 Å². The van der Waals surface area contributed by atoms with Crippen molar-refractivity contribution in [3.8, 4) is 11.5 Å². The van der Waals surface area contributed by atoms with Crippen LogP contribution in [0.2, 0.25) is 0 Å². The summed E-state index contributed by atoms with van der Waals surface area (Å²) in [4.78, 5) is 12.5. The summed E-state index contributed by atoms with van der Waals surface area (Å²) in [6.45, 7) is 4.63. The zero-order valence-electron chi connectivity index (χ0n) is 21.6. The van der Waals surface area contributed by atoms with Crippen molar-refractivity contribution < 1.29 is 24.1 Å². The number of carbonyl (C=O) groups is 1. The van der Waals surface area contributed by atoms with Crippen LogP contribution in [0.5, 0.6) is 11.5 Å². The summed E-state index contributed by atoms with van der Waals surface area (Å²) in [6, 6.07) is 23.1. The first-order valence-electron chi connectivity index (χ1n) is 12.9. The maximum absolute atomic E-state index is 12.5. The van der Waals surface area contributed by atoms with Gasteiger partial charge in [-0.1, -0.05) is 75.2 Å². The van der Waals surface area contributed by atoms with Crippen LogP contribution in [0.1, 0.15) is 67.9 Å². The number of hydrogen-bond acceptors (Lipinski definition) is 5. The largest absolute Gasteiger partial charge is 0.497 e. The van der Waals surface area contributed by atoms with E-state index in [1.54, 1.807) is 7.11 Å². The Morgan fingerprint density at radius 1 is 0.944 bits per heavy atom. The number of benzene rings is 3. The third kappa shape index (κ3) is 7.59. The molecule has 5 nitrogen and oxygen atoms in total. The van der Waals surface area contributed by atoms with Crippen LogP contribution in [0.25, 0.3) is 0 Å². The predicted molar refractivity (Wildman–Crippen MR) is 142 cm³/mol. The Bertz CT molecular complexity index is 1070. The SMILES string of the molecule is CC.COc1cccc(C(O)c2ccc(OCCc3ccccc3)c(COC(=O)C3CCCC3)c2)c1. The molecule has 3 aromatic carbocycles. The number of hydrogen-bond donors (Lipinski definition) is 1. The highest BCUT2D eigenvalue weighted by molar-refractivity contribution is 5.72. The number of ether oxygens (including phenoxy) is 3. The Morgan fingerprint density at radius 3 is 2.39 bits per heavy atom. The van der Waals surface area contributed by atoms with Crippen LogP contribution < -0.4 is 9.47 Å². The van der Waals surface area contributed by atoms with Crippen molar-refractivity contribution in [2.24, 2.45) is 5.92 Å². The Hall–Kier alpha value is -3.31. The lowest BCUT2D eigenvalue weighted by Gasteiger charge is -2.18. The second-order valence-corrected chi connectivity index (χ2v) is 8.72. The van der Waals surface area contributed by atoms with E-state index in [-0.39, 0.29) is 18.5 Å². The fourth-order valence-corrected chi connectivity index (χ4v) is 4.38. The third-order valence-corrected chi connectivity index (χ3v) is 6.36. The zero-order valence-corrected chi connectivity index (χ0v) is 21.6. The van der Waals surface area contributed by atoms with E-state index in [4.69, 9.17) is 14.2 Å². The molecule has 3 aromatic rings. The van der Waals surface area contributed by atoms with E-state index in [1.807, 2.05) is 74.5 Å². The summed E-state index contributed by atoms with van der Waals surface area (Å²) in [7, 11) is 1.60. The molecule has 0 bridgehead atoms. The molecule has 1 aliphatic rings. The molecule has 1 atom stereocenters. The molecule has 4 rings (SSSR count). The van der Waals surface area contributed by atoms with Crippen LogP contribution >= 0.6 is 0 Å². The summed E-state index contributed by atoms with van der Waals surface area (Å²) in [5.41, 5.74) is 3.38. The summed E-state index contributed by atoms with van der Waals surface area (Å²) in [5, 5.41) is 11.0. The van der Waals surface area contributed by atoms with Gasteiger partial charge in [-0.3, -0.25) is 4.79 Å². The van der Waals surface area contributed by atoms with E-state index in [1.165, 1.54) is 5.56 Å². The van der Waals surface area contributed by atoms with Gasteiger partial charge in [0.2, 0.25) is 0 Å². The summed E-state index contributed by atoms with van der Waals surface area (Å²) < 4.78 is 17.0. The number of methoxy groups -OCH3 is 1. The van der Waals surface area contributed by atoms with Gasteiger partial charge in [0.25, 0.3) is 0 Å². The quantitative estimate of drug-likeness (QED) is 0.322. The van der Waals surface area contributed by atoms with Crippen molar-refractivity contribution in [1.29, 1.82) is 0 Å². The predicted octanol–water partition coefficient (Wildman–Crippen LogP) is 6.66. The van der Waals surface area contributed by atoms with Crippen molar-refractivity contribution in [1.82, 2.24) is 0 Å². The number of aliphatic hydroxyl groups excluding tert-OH is 1. The fourth-order valence-electron chi connectivity index (χ4n) is 4.38. The maximum atomic E-state index is 12.5. The summed E-state index contributed by atoms with van der Waals surface area (Å²) in [5.74, 6) is 1.19. The molecule has 0 spiro atoms. The molecule has 0 aromatic heterocycles. The first kappa shape index (κ1) is 27.3. The molecular formula is C31H38O5. The van der Waals surface area contributed by atoms with Gasteiger partial charge in [0.05, 0.1) is 19.6 Å². The van der Waals surface area contributed by atoms with Crippen molar-refractivity contribution in [3.05, 3.63) is 95.1 Å². The highest BCUT2D eigenvalue weighted by Crippen LogP contribution is 2.31. The zero-order chi connectivity index (χ0) is 25.8. The Morgan fingerprint density at radius 2 is 1.67 bits per heavy atom. The molecule has 0 saturated heterocycles. The first-order valence-corrected chi connectivity index (χ1v) is 12.9. The van der Waals surface area contributed by atoms with E-state index in [9.17, 15) is 9.90 Å². The Balaban J connectivity index is 0.00000176. The molecule has 0 amide bonds. The van der Waals surface area contributed by atoms with Gasteiger partial charge in [0.15, 0.2) is 0 Å². The smallest absolute Gasteiger partial charge is 0.309 e. The van der Waals surface area contributed by atoms with Gasteiger partial charge in [-0.05, 0) is 53.8 Å². The van der Waals surface area contributed by atoms with E-state index < -0.39 is 6.10 Å². The van der Waals surface area contributed by atoms with Crippen LogP contribution in [0.15, 0.2) is 72.8 Å². The summed E-state index contributed by atoms with van der Waals surface area (Å²) in [6.07, 6.45) is 3.89. The average Bonchev–Trinajstić information content (AvgIpc) is 3.49. The Labute approximate surface area is 215 Å². The second-order valence-electron chi connectivity index (χ2n) is 8.72. The van der Waals surface area contributed by atoms with Crippen molar-refractivity contribution in [3.63, 3.8) is 0 Å². The van der Waals surface area contributed by atoms with Gasteiger partial charge < -0.3 is 19.3 Å². The van der Waals surface area contributed by atoms with Crippen molar-refractivity contribution in [2.75, 3.05) is 13.7 Å². The molecule has 1 aliphatic carbocycles. The van der Waals surface area contributed by atoms with Crippen LogP contribution in [0, 0.1) is 5.92 Å². The monoisotopic (exact) mass is 490 g/mol. The van der Waals surface area contributed by atoms with Crippen LogP contribution in [-0.4, -0.2) is 24.8 Å². The number of carbonyl (C=O) groups excluding carboxylic acids is 1. The molecule has 0 heterocycles. The second kappa shape index (κ2) is 14.3. The van der Waals surface area contributed by atoms with Gasteiger partial charge in [-0.2, -0.15) is 0 Å². The highest BCUT2D eigenvalue weighted by atomic mass is 16.5. The van der Waals surface area contributed by atoms with Crippen LogP contribution in [-0.2, 0) is 22.6 Å². The molecule has 192 valence electrons. The van der Waals surface area contributed by atoms with Crippen LogP contribution in [0.3, 0.4) is 0 Å². The molecule has 1 unspecified atom stereocenters. The minimum atomic E-state index is -0.835. The lowest BCUT2D eigenvalue weighted by Crippen LogP contribution is -2.15. The third-order valence-electron chi connectivity index (χ3n) is 6.36. The molecule has 5 heteroatoms. The molecule has 1 N–H and O–H groups in total. The lowest BCUT2D eigenvalue weighted by molar-refractivity contribution is -0.149. The van der Waals surface area contributed by atoms with E-state index in [0.717, 1.165) is 43.2 Å². The lowest BCUT2D eigenvalue weighted by atomic mass is 9.99. The van der Waals surface area contributed by atoms with Gasteiger partial charge >= 0.3 is 5.97 Å². The minimum absolute atomic E-state index is 0.00648. The van der Waals surface area contributed by atoms with E-state index in [2.05, 4.69) is 12.1 Å². The van der Waals surface area contributed by atoms with Crippen LogP contribution in [0.4, 0.5) is 0 Å². The van der Waals surface area contributed by atoms with Gasteiger partial charge in [-0.15, -0.1) is 0 Å². The van der Waals surface area contributed by atoms with Crippen molar-refractivity contribution in [2.45, 2.75) is 58.7 Å². The average molecular weight is 491 g/mol.